The summed E-state index contributed by atoms with van der Waals surface area (Å²) in [6.45, 7) is -0.439. The van der Waals surface area contributed by atoms with Crippen molar-refractivity contribution in [3.63, 3.8) is 0 Å². The van der Waals surface area contributed by atoms with Crippen molar-refractivity contribution in [2.24, 2.45) is 0 Å². The predicted molar refractivity (Wildman–Crippen MR) is 78.3 cm³/mol. The van der Waals surface area contributed by atoms with Crippen LogP contribution in [0.25, 0.3) is 11.2 Å². The monoisotopic (exact) mass is 347 g/mol. The van der Waals surface area contributed by atoms with Crippen LogP contribution >= 0.6 is 23.2 Å². The third-order valence-electron chi connectivity index (χ3n) is 3.34. The molecule has 1 fully saturated rings. The fourth-order valence-electron chi connectivity index (χ4n) is 2.34. The summed E-state index contributed by atoms with van der Waals surface area (Å²) in [4.78, 5) is 22.0. The zero-order valence-electron chi connectivity index (χ0n) is 10.9. The van der Waals surface area contributed by atoms with Gasteiger partial charge in [0.05, 0.1) is 12.9 Å². The van der Waals surface area contributed by atoms with Gasteiger partial charge in [-0.15, -0.1) is 0 Å². The van der Waals surface area contributed by atoms with E-state index in [0.717, 1.165) is 0 Å². The minimum absolute atomic E-state index is 0.0461. The van der Waals surface area contributed by atoms with Gasteiger partial charge in [-0.1, -0.05) is 23.2 Å². The summed E-state index contributed by atoms with van der Waals surface area (Å²) in [5, 5.41) is 19.4. The normalized spacial score (nSPS) is 25.1. The first-order valence-electron chi connectivity index (χ1n) is 6.15. The van der Waals surface area contributed by atoms with Gasteiger partial charge >= 0.3 is 0 Å². The van der Waals surface area contributed by atoms with Crippen molar-refractivity contribution >= 4 is 40.3 Å². The molecule has 22 heavy (non-hydrogen) atoms. The van der Waals surface area contributed by atoms with E-state index < -0.39 is 30.6 Å². The van der Waals surface area contributed by atoms with Gasteiger partial charge in [0.2, 0.25) is 5.95 Å². The van der Waals surface area contributed by atoms with Crippen molar-refractivity contribution in [3.8, 4) is 0 Å². The lowest BCUT2D eigenvalue weighted by Gasteiger charge is -2.14. The molecule has 5 N–H and O–H groups in total. The third kappa shape index (κ3) is 2.27. The molecule has 0 radical (unpaired) electrons. The van der Waals surface area contributed by atoms with E-state index in [-0.39, 0.29) is 27.2 Å². The summed E-state index contributed by atoms with van der Waals surface area (Å²) in [6, 6.07) is 0. The number of nitrogen functional groups attached to an aromatic ring is 1. The number of aliphatic hydroxyl groups is 2. The molecule has 118 valence electrons. The smallest absolute Gasteiger partial charge is 0.280 e. The average Bonchev–Trinajstić information content (AvgIpc) is 2.99. The first kappa shape index (κ1) is 15.3. The Labute approximate surface area is 132 Å². The van der Waals surface area contributed by atoms with E-state index in [1.807, 2.05) is 0 Å². The number of nitrogens with one attached hydrogen (secondary N) is 1. The molecule has 0 bridgehead atoms. The number of rotatable bonds is 2. The molecular formula is C11H11Cl2N5O4. The van der Waals surface area contributed by atoms with E-state index in [1.165, 1.54) is 10.9 Å². The number of halogens is 2. The largest absolute Gasteiger partial charge is 0.394 e. The number of nitrogens with two attached hydrogens (primary N) is 1. The van der Waals surface area contributed by atoms with Crippen molar-refractivity contribution in [1.82, 2.24) is 19.5 Å². The second kappa shape index (κ2) is 5.52. The van der Waals surface area contributed by atoms with Crippen molar-refractivity contribution < 1.29 is 14.9 Å². The molecule has 11 heteroatoms. The first-order chi connectivity index (χ1) is 10.4. The number of aromatic amines is 1. The standard InChI is InChI=1S/C11H11Cl2N5O4/c12-7(13)4-6(20)3(1-19)22-10(4)18-2-15-5-8(18)16-11(14)17-9(5)21/h2-3,6,10,19-20H,1H2,(H3,14,16,17,21)/t3-,6-,10-/m1/s1. The maximum absolute atomic E-state index is 11.8. The highest BCUT2D eigenvalue weighted by atomic mass is 35.5. The number of hydrogen-bond donors (Lipinski definition) is 4. The molecule has 1 saturated heterocycles. The van der Waals surface area contributed by atoms with Gasteiger partial charge in [-0.2, -0.15) is 4.98 Å². The molecule has 3 heterocycles. The molecule has 0 saturated carbocycles. The minimum atomic E-state index is -1.20. The van der Waals surface area contributed by atoms with Crippen LogP contribution in [0.3, 0.4) is 0 Å². The van der Waals surface area contributed by atoms with Crippen molar-refractivity contribution in [2.75, 3.05) is 12.3 Å². The van der Waals surface area contributed by atoms with Gasteiger partial charge in [0, 0.05) is 5.57 Å². The topological polar surface area (TPSA) is 139 Å². The number of fused-ring (bicyclic) bond motifs is 1. The zero-order valence-corrected chi connectivity index (χ0v) is 12.4. The number of H-pyrrole nitrogens is 1. The first-order valence-corrected chi connectivity index (χ1v) is 6.91. The van der Waals surface area contributed by atoms with Crippen LogP contribution in [0.15, 0.2) is 21.2 Å². The minimum Gasteiger partial charge on any atom is -0.394 e. The van der Waals surface area contributed by atoms with Crippen LogP contribution in [-0.4, -0.2) is 48.5 Å². The lowest BCUT2D eigenvalue weighted by atomic mass is 10.1. The Hall–Kier alpha value is -1.65. The number of ether oxygens (including phenoxy) is 1. The lowest BCUT2D eigenvalue weighted by Crippen LogP contribution is -2.25. The number of aromatic nitrogens is 4. The van der Waals surface area contributed by atoms with E-state index in [4.69, 9.17) is 33.7 Å². The molecule has 2 aromatic heterocycles. The molecule has 0 aromatic carbocycles. The van der Waals surface area contributed by atoms with Gasteiger partial charge in [0.25, 0.3) is 5.56 Å². The van der Waals surface area contributed by atoms with Crippen molar-refractivity contribution in [1.29, 1.82) is 0 Å². The van der Waals surface area contributed by atoms with Gasteiger partial charge in [0.15, 0.2) is 17.4 Å². The molecular weight excluding hydrogens is 337 g/mol. The summed E-state index contributed by atoms with van der Waals surface area (Å²) < 4.78 is 6.69. The van der Waals surface area contributed by atoms with E-state index in [9.17, 15) is 15.0 Å². The average molecular weight is 348 g/mol. The van der Waals surface area contributed by atoms with E-state index >= 15 is 0 Å². The number of hydrogen-bond acceptors (Lipinski definition) is 7. The zero-order chi connectivity index (χ0) is 16.0. The van der Waals surface area contributed by atoms with Gasteiger partial charge in [-0.25, -0.2) is 4.98 Å². The molecule has 0 aliphatic carbocycles. The molecule has 1 aliphatic heterocycles. The summed E-state index contributed by atoms with van der Waals surface area (Å²) >= 11 is 11.6. The number of aliphatic hydroxyl groups excluding tert-OH is 2. The molecule has 3 atom stereocenters. The Balaban J connectivity index is 2.19. The van der Waals surface area contributed by atoms with E-state index in [2.05, 4.69) is 15.0 Å². The van der Waals surface area contributed by atoms with Crippen LogP contribution in [0.5, 0.6) is 0 Å². The lowest BCUT2D eigenvalue weighted by molar-refractivity contribution is -0.0422. The van der Waals surface area contributed by atoms with Gasteiger partial charge < -0.3 is 20.7 Å². The summed E-state index contributed by atoms with van der Waals surface area (Å²) in [7, 11) is 0. The molecule has 9 nitrogen and oxygen atoms in total. The van der Waals surface area contributed by atoms with Crippen LogP contribution in [0.2, 0.25) is 0 Å². The molecule has 0 amide bonds. The Kier molecular flexibility index (Phi) is 3.83. The Bertz CT molecular complexity index is 812. The fourth-order valence-corrected chi connectivity index (χ4v) is 2.75. The highest BCUT2D eigenvalue weighted by molar-refractivity contribution is 6.56. The van der Waals surface area contributed by atoms with Crippen LogP contribution in [0, 0.1) is 0 Å². The number of anilines is 1. The van der Waals surface area contributed by atoms with E-state index in [0.29, 0.717) is 0 Å². The molecule has 0 spiro atoms. The Morgan fingerprint density at radius 2 is 2.27 bits per heavy atom. The van der Waals surface area contributed by atoms with Crippen molar-refractivity contribution in [3.05, 3.63) is 26.7 Å². The highest BCUT2D eigenvalue weighted by Crippen LogP contribution is 2.39. The number of imidazole rings is 1. The predicted octanol–water partition coefficient (Wildman–Crippen LogP) is -0.358. The van der Waals surface area contributed by atoms with Crippen LogP contribution in [0.1, 0.15) is 6.23 Å². The molecule has 1 aliphatic rings. The summed E-state index contributed by atoms with van der Waals surface area (Å²) in [5.41, 5.74) is 5.34. The van der Waals surface area contributed by atoms with Gasteiger partial charge in [-0.05, 0) is 0 Å². The maximum atomic E-state index is 11.8. The molecule has 2 aromatic rings. The second-order valence-electron chi connectivity index (χ2n) is 4.65. The maximum Gasteiger partial charge on any atom is 0.280 e. The number of nitrogens with zero attached hydrogens (tertiary/aromatic N) is 3. The third-order valence-corrected chi connectivity index (χ3v) is 3.78. The quantitative estimate of drug-likeness (QED) is 0.581. The summed E-state index contributed by atoms with van der Waals surface area (Å²) in [6.07, 6.45) is -1.78. The van der Waals surface area contributed by atoms with Crippen LogP contribution < -0.4 is 11.3 Å². The Morgan fingerprint density at radius 1 is 1.55 bits per heavy atom. The van der Waals surface area contributed by atoms with Crippen molar-refractivity contribution in [2.45, 2.75) is 18.4 Å². The van der Waals surface area contributed by atoms with Crippen LogP contribution in [0.4, 0.5) is 5.95 Å². The van der Waals surface area contributed by atoms with Gasteiger partial charge in [0.1, 0.15) is 16.7 Å². The van der Waals surface area contributed by atoms with Crippen LogP contribution in [-0.2, 0) is 4.74 Å². The summed E-state index contributed by atoms with van der Waals surface area (Å²) in [5.74, 6) is -0.0981. The fraction of sp³-hybridized carbons (Fsp3) is 0.364. The van der Waals surface area contributed by atoms with Gasteiger partial charge in [-0.3, -0.25) is 14.3 Å². The molecule has 3 rings (SSSR count). The SMILES string of the molecule is Nc1nc2c(ncn2[C@@H]2O[C@H](CO)[C@@H](O)C2=C(Cl)Cl)c(=O)[nH]1. The Morgan fingerprint density at radius 3 is 2.91 bits per heavy atom. The molecule has 0 unspecified atom stereocenters. The second-order valence-corrected chi connectivity index (χ2v) is 5.59. The highest BCUT2D eigenvalue weighted by Gasteiger charge is 2.42. The van der Waals surface area contributed by atoms with E-state index in [1.54, 1.807) is 0 Å².